The van der Waals surface area contributed by atoms with E-state index in [1.165, 1.54) is 11.3 Å². The van der Waals surface area contributed by atoms with Gasteiger partial charge in [-0.2, -0.15) is 0 Å². The lowest BCUT2D eigenvalue weighted by molar-refractivity contribution is -0.113. The summed E-state index contributed by atoms with van der Waals surface area (Å²) in [5.41, 5.74) is 1.69. The summed E-state index contributed by atoms with van der Waals surface area (Å²) >= 11 is 7.67. The third kappa shape index (κ3) is 6.13. The van der Waals surface area contributed by atoms with Crippen molar-refractivity contribution in [2.75, 3.05) is 12.4 Å². The van der Waals surface area contributed by atoms with Crippen molar-refractivity contribution < 1.29 is 19.1 Å². The van der Waals surface area contributed by atoms with E-state index in [1.807, 2.05) is 48.7 Å². The van der Waals surface area contributed by atoms with Crippen LogP contribution in [0, 0.1) is 6.92 Å². The fraction of sp³-hybridized carbons (Fsp3) is 0.0714. The second-order valence-corrected chi connectivity index (χ2v) is 9.11. The van der Waals surface area contributed by atoms with Crippen molar-refractivity contribution in [2.45, 2.75) is 6.92 Å². The van der Waals surface area contributed by atoms with E-state index < -0.39 is 5.91 Å². The molecule has 0 fully saturated rings. The van der Waals surface area contributed by atoms with E-state index in [9.17, 15) is 9.59 Å². The molecule has 1 heterocycles. The Morgan fingerprint density at radius 3 is 2.39 bits per heavy atom. The summed E-state index contributed by atoms with van der Waals surface area (Å²) in [6.07, 6.45) is 1.63. The molecule has 0 spiro atoms. The number of para-hydroxylation sites is 2. The number of hydrogen-bond donors (Lipinski definition) is 2. The summed E-state index contributed by atoms with van der Waals surface area (Å²) in [7, 11) is 1.55. The van der Waals surface area contributed by atoms with Crippen LogP contribution in [0.15, 0.2) is 89.9 Å². The largest absolute Gasteiger partial charge is 0.493 e. The van der Waals surface area contributed by atoms with E-state index >= 15 is 0 Å². The molecule has 0 bridgehead atoms. The Balaban J connectivity index is 1.63. The van der Waals surface area contributed by atoms with Gasteiger partial charge < -0.3 is 20.1 Å². The smallest absolute Gasteiger partial charge is 0.272 e. The van der Waals surface area contributed by atoms with Crippen molar-refractivity contribution >= 4 is 46.5 Å². The molecule has 0 atom stereocenters. The first-order valence-electron chi connectivity index (χ1n) is 11.0. The van der Waals surface area contributed by atoms with E-state index in [1.54, 1.807) is 55.7 Å². The molecule has 182 valence electrons. The molecule has 4 aromatic rings. The standard InChI is InChI=1S/C28H23ClN2O4S/c1-18-8-3-4-10-21(18)27(32)31-23(17-20-9-7-15-36-20)28(33)30-22-16-19(29)13-14-24(22)35-26-12-6-5-11-25(26)34-2/h3-17H,1-2H3,(H,30,33)(H,31,32)/b23-17-. The molecule has 0 saturated heterocycles. The minimum Gasteiger partial charge on any atom is -0.493 e. The van der Waals surface area contributed by atoms with Crippen molar-refractivity contribution in [3.8, 4) is 17.2 Å². The van der Waals surface area contributed by atoms with E-state index in [-0.39, 0.29) is 11.6 Å². The summed E-state index contributed by atoms with van der Waals surface area (Å²) < 4.78 is 11.4. The maximum Gasteiger partial charge on any atom is 0.272 e. The highest BCUT2D eigenvalue weighted by molar-refractivity contribution is 7.10. The monoisotopic (exact) mass is 518 g/mol. The molecule has 36 heavy (non-hydrogen) atoms. The van der Waals surface area contributed by atoms with Gasteiger partial charge in [-0.3, -0.25) is 9.59 Å². The van der Waals surface area contributed by atoms with Gasteiger partial charge in [-0.25, -0.2) is 0 Å². The van der Waals surface area contributed by atoms with Gasteiger partial charge in [-0.05, 0) is 66.4 Å². The zero-order valence-corrected chi connectivity index (χ0v) is 21.2. The fourth-order valence-electron chi connectivity index (χ4n) is 3.39. The Morgan fingerprint density at radius 1 is 0.917 bits per heavy atom. The van der Waals surface area contributed by atoms with Crippen LogP contribution >= 0.6 is 22.9 Å². The molecule has 4 rings (SSSR count). The van der Waals surface area contributed by atoms with Crippen LogP contribution < -0.4 is 20.1 Å². The molecule has 6 nitrogen and oxygen atoms in total. The fourth-order valence-corrected chi connectivity index (χ4v) is 4.22. The zero-order valence-electron chi connectivity index (χ0n) is 19.6. The number of aryl methyl sites for hydroxylation is 1. The molecular formula is C28H23ClN2O4S. The van der Waals surface area contributed by atoms with Crippen molar-refractivity contribution in [3.63, 3.8) is 0 Å². The lowest BCUT2D eigenvalue weighted by Crippen LogP contribution is -2.31. The maximum absolute atomic E-state index is 13.4. The molecular weight excluding hydrogens is 496 g/mol. The lowest BCUT2D eigenvalue weighted by atomic mass is 10.1. The number of hydrogen-bond acceptors (Lipinski definition) is 5. The average molecular weight is 519 g/mol. The number of thiophene rings is 1. The minimum absolute atomic E-state index is 0.0777. The second-order valence-electron chi connectivity index (χ2n) is 7.69. The second kappa shape index (κ2) is 11.6. The summed E-state index contributed by atoms with van der Waals surface area (Å²) in [5.74, 6) is 0.451. The highest BCUT2D eigenvalue weighted by atomic mass is 35.5. The van der Waals surface area contributed by atoms with Gasteiger partial charge in [0.2, 0.25) is 0 Å². The molecule has 8 heteroatoms. The molecule has 0 radical (unpaired) electrons. The molecule has 3 aromatic carbocycles. The summed E-state index contributed by atoms with van der Waals surface area (Å²) in [5, 5.41) is 7.88. The Bertz CT molecular complexity index is 1420. The van der Waals surface area contributed by atoms with Gasteiger partial charge in [-0.1, -0.05) is 48.0 Å². The third-order valence-corrected chi connectivity index (χ3v) is 6.25. The Morgan fingerprint density at radius 2 is 1.67 bits per heavy atom. The zero-order chi connectivity index (χ0) is 25.5. The predicted octanol–water partition coefficient (Wildman–Crippen LogP) is 6.92. The van der Waals surface area contributed by atoms with Crippen LogP contribution in [-0.2, 0) is 4.79 Å². The van der Waals surface area contributed by atoms with Crippen LogP contribution in [0.2, 0.25) is 5.02 Å². The van der Waals surface area contributed by atoms with Crippen molar-refractivity contribution in [3.05, 3.63) is 111 Å². The number of rotatable bonds is 8. The first-order valence-corrected chi connectivity index (χ1v) is 12.2. The van der Waals surface area contributed by atoms with Crippen LogP contribution in [0.4, 0.5) is 5.69 Å². The highest BCUT2D eigenvalue weighted by Gasteiger charge is 2.19. The van der Waals surface area contributed by atoms with Gasteiger partial charge >= 0.3 is 0 Å². The number of anilines is 1. The molecule has 0 saturated carbocycles. The summed E-state index contributed by atoms with van der Waals surface area (Å²) in [6.45, 7) is 1.84. The Hall–Kier alpha value is -4.07. The number of nitrogens with one attached hydrogen (secondary N) is 2. The molecule has 2 N–H and O–H groups in total. The van der Waals surface area contributed by atoms with Gasteiger partial charge in [-0.15, -0.1) is 11.3 Å². The molecule has 2 amide bonds. The average Bonchev–Trinajstić information content (AvgIpc) is 3.39. The Labute approximate surface area is 218 Å². The van der Waals surface area contributed by atoms with E-state index in [0.29, 0.717) is 33.5 Å². The van der Waals surface area contributed by atoms with E-state index in [2.05, 4.69) is 10.6 Å². The van der Waals surface area contributed by atoms with Gasteiger partial charge in [0, 0.05) is 15.5 Å². The van der Waals surface area contributed by atoms with Crippen LogP contribution in [0.3, 0.4) is 0 Å². The van der Waals surface area contributed by atoms with Crippen LogP contribution in [0.1, 0.15) is 20.8 Å². The molecule has 0 aliphatic carbocycles. The topological polar surface area (TPSA) is 76.7 Å². The normalized spacial score (nSPS) is 11.0. The molecule has 1 aromatic heterocycles. The third-order valence-electron chi connectivity index (χ3n) is 5.19. The molecule has 0 aliphatic rings. The highest BCUT2D eigenvalue weighted by Crippen LogP contribution is 2.36. The van der Waals surface area contributed by atoms with Crippen molar-refractivity contribution in [2.24, 2.45) is 0 Å². The van der Waals surface area contributed by atoms with E-state index in [0.717, 1.165) is 10.4 Å². The van der Waals surface area contributed by atoms with E-state index in [4.69, 9.17) is 21.1 Å². The maximum atomic E-state index is 13.4. The van der Waals surface area contributed by atoms with Gasteiger partial charge in [0.15, 0.2) is 17.2 Å². The van der Waals surface area contributed by atoms with Crippen molar-refractivity contribution in [1.29, 1.82) is 0 Å². The van der Waals surface area contributed by atoms with Crippen molar-refractivity contribution in [1.82, 2.24) is 5.32 Å². The number of benzene rings is 3. The number of methoxy groups -OCH3 is 1. The summed E-state index contributed by atoms with van der Waals surface area (Å²) in [6, 6.07) is 23.0. The Kier molecular flexibility index (Phi) is 8.05. The summed E-state index contributed by atoms with van der Waals surface area (Å²) in [4.78, 5) is 27.2. The van der Waals surface area contributed by atoms with Gasteiger partial charge in [0.25, 0.3) is 11.8 Å². The van der Waals surface area contributed by atoms with Crippen LogP contribution in [0.5, 0.6) is 17.2 Å². The van der Waals surface area contributed by atoms with Gasteiger partial charge in [0.05, 0.1) is 12.8 Å². The number of carbonyl (C=O) groups excluding carboxylic acids is 2. The SMILES string of the molecule is COc1ccccc1Oc1ccc(Cl)cc1NC(=O)/C(=C/c1cccs1)NC(=O)c1ccccc1C. The number of amides is 2. The first-order chi connectivity index (χ1) is 17.4. The number of carbonyl (C=O) groups is 2. The lowest BCUT2D eigenvalue weighted by Gasteiger charge is -2.16. The predicted molar refractivity (Wildman–Crippen MR) is 144 cm³/mol. The number of ether oxygens (including phenoxy) is 2. The van der Waals surface area contributed by atoms with Gasteiger partial charge in [0.1, 0.15) is 5.70 Å². The van der Waals surface area contributed by atoms with Crippen LogP contribution in [-0.4, -0.2) is 18.9 Å². The first kappa shape index (κ1) is 25.0. The minimum atomic E-state index is -0.530. The quantitative estimate of drug-likeness (QED) is 0.248. The molecule has 0 aliphatic heterocycles. The van der Waals surface area contributed by atoms with Crippen LogP contribution in [0.25, 0.3) is 6.08 Å². The number of halogens is 1. The molecule has 0 unspecified atom stereocenters.